The van der Waals surface area contributed by atoms with E-state index in [9.17, 15) is 9.59 Å². The van der Waals surface area contributed by atoms with E-state index in [2.05, 4.69) is 0 Å². The summed E-state index contributed by atoms with van der Waals surface area (Å²) in [5.74, 6) is 0.192. The van der Waals surface area contributed by atoms with Gasteiger partial charge in [-0.3, -0.25) is 9.59 Å². The van der Waals surface area contributed by atoms with Gasteiger partial charge >= 0.3 is 0 Å². The Morgan fingerprint density at radius 3 is 2.33 bits per heavy atom. The molecule has 2 saturated heterocycles. The van der Waals surface area contributed by atoms with Gasteiger partial charge in [-0.05, 0) is 20.8 Å². The van der Waals surface area contributed by atoms with Crippen molar-refractivity contribution in [3.63, 3.8) is 0 Å². The molecule has 2 rings (SSSR count). The molecule has 2 heterocycles. The first-order valence-electron chi connectivity index (χ1n) is 5.30. The van der Waals surface area contributed by atoms with Crippen molar-refractivity contribution in [2.75, 3.05) is 6.54 Å². The zero-order valence-corrected chi connectivity index (χ0v) is 9.61. The highest BCUT2D eigenvalue weighted by atomic mass is 16.5. The van der Waals surface area contributed by atoms with E-state index in [1.165, 1.54) is 6.92 Å². The minimum absolute atomic E-state index is 0.0380. The predicted octanol–water partition coefficient (Wildman–Crippen LogP) is 0.600. The lowest BCUT2D eigenvalue weighted by Gasteiger charge is -2.48. The number of Topliss-reactive ketones (excluding diaryl/α,β-unsaturated/α-hetero) is 1. The van der Waals surface area contributed by atoms with Gasteiger partial charge in [0.15, 0.2) is 5.78 Å². The van der Waals surface area contributed by atoms with Gasteiger partial charge in [0.1, 0.15) is 0 Å². The average Bonchev–Trinajstić information content (AvgIpc) is 2.39. The van der Waals surface area contributed by atoms with E-state index in [0.29, 0.717) is 6.54 Å². The second kappa shape index (κ2) is 3.04. The molecule has 0 aromatic rings. The molecule has 0 bridgehead atoms. The van der Waals surface area contributed by atoms with Crippen LogP contribution in [-0.4, -0.2) is 40.9 Å². The lowest BCUT2D eigenvalue weighted by Crippen LogP contribution is -2.59. The molecular formula is C11H17NO3. The Bertz CT molecular complexity index is 324. The van der Waals surface area contributed by atoms with Crippen LogP contribution in [0.3, 0.4) is 0 Å². The van der Waals surface area contributed by atoms with E-state index in [-0.39, 0.29) is 35.4 Å². The van der Waals surface area contributed by atoms with Crippen molar-refractivity contribution in [1.82, 2.24) is 4.90 Å². The summed E-state index contributed by atoms with van der Waals surface area (Å²) in [5, 5.41) is 0. The first kappa shape index (κ1) is 10.6. The molecule has 1 amide bonds. The van der Waals surface area contributed by atoms with Crippen molar-refractivity contribution in [2.24, 2.45) is 5.92 Å². The van der Waals surface area contributed by atoms with Crippen LogP contribution in [0.2, 0.25) is 0 Å². The van der Waals surface area contributed by atoms with Crippen LogP contribution in [0.15, 0.2) is 0 Å². The van der Waals surface area contributed by atoms with Crippen molar-refractivity contribution in [2.45, 2.75) is 45.4 Å². The minimum atomic E-state index is -0.281. The lowest BCUT2D eigenvalue weighted by atomic mass is 9.76. The lowest BCUT2D eigenvalue weighted by molar-refractivity contribution is -0.225. The topological polar surface area (TPSA) is 46.6 Å². The van der Waals surface area contributed by atoms with Crippen LogP contribution in [0.5, 0.6) is 0 Å². The molecule has 15 heavy (non-hydrogen) atoms. The minimum Gasteiger partial charge on any atom is -0.370 e. The van der Waals surface area contributed by atoms with Gasteiger partial charge in [-0.15, -0.1) is 0 Å². The largest absolute Gasteiger partial charge is 0.370 e. The summed E-state index contributed by atoms with van der Waals surface area (Å²) in [6, 6.07) is -0.281. The van der Waals surface area contributed by atoms with Gasteiger partial charge < -0.3 is 9.64 Å². The summed E-state index contributed by atoms with van der Waals surface area (Å²) in [5.41, 5.74) is -0.273. The Morgan fingerprint density at radius 2 is 1.93 bits per heavy atom. The van der Waals surface area contributed by atoms with Crippen molar-refractivity contribution >= 4 is 11.7 Å². The second-order valence-corrected chi connectivity index (χ2v) is 5.01. The van der Waals surface area contributed by atoms with Gasteiger partial charge in [0, 0.05) is 19.4 Å². The molecule has 4 nitrogen and oxygen atoms in total. The number of hydrogen-bond donors (Lipinski definition) is 0. The third-order valence-electron chi connectivity index (χ3n) is 3.53. The number of carbonyl (C=O) groups excluding carboxylic acids is 2. The number of nitrogens with zero attached hydrogens (tertiary/aromatic N) is 1. The zero-order chi connectivity index (χ0) is 11.4. The SMILES string of the molecule is CC(=O)[C@@H]1[C@@H]2C(CN1C(C)=O)OC2(C)C. The highest BCUT2D eigenvalue weighted by Crippen LogP contribution is 2.47. The second-order valence-electron chi connectivity index (χ2n) is 5.01. The summed E-state index contributed by atoms with van der Waals surface area (Å²) in [7, 11) is 0. The summed E-state index contributed by atoms with van der Waals surface area (Å²) in [6.07, 6.45) is 0.0535. The molecule has 0 saturated carbocycles. The first-order chi connectivity index (χ1) is 6.84. The summed E-state index contributed by atoms with van der Waals surface area (Å²) in [6.45, 7) is 7.58. The molecule has 0 N–H and O–H groups in total. The number of rotatable bonds is 1. The molecule has 2 aliphatic heterocycles. The molecule has 0 aromatic heterocycles. The first-order valence-corrected chi connectivity index (χ1v) is 5.30. The highest BCUT2D eigenvalue weighted by molar-refractivity contribution is 5.88. The molecular weight excluding hydrogens is 194 g/mol. The maximum absolute atomic E-state index is 11.6. The average molecular weight is 211 g/mol. The molecule has 0 spiro atoms. The molecule has 0 aromatic carbocycles. The van der Waals surface area contributed by atoms with E-state index < -0.39 is 0 Å². The number of likely N-dealkylation sites (tertiary alicyclic amines) is 1. The standard InChI is InChI=1S/C11H17NO3/c1-6(13)10-9-8(15-11(9,3)4)5-12(10)7(2)14/h8-10H,5H2,1-4H3/t8?,9-,10+/m0/s1. The molecule has 4 heteroatoms. The van der Waals surface area contributed by atoms with Crippen LogP contribution in [0, 0.1) is 5.92 Å². The number of carbonyl (C=O) groups is 2. The normalized spacial score (nSPS) is 37.1. The fourth-order valence-electron chi connectivity index (χ4n) is 2.95. The number of ether oxygens (including phenoxy) is 1. The maximum Gasteiger partial charge on any atom is 0.220 e. The van der Waals surface area contributed by atoms with Gasteiger partial charge in [-0.2, -0.15) is 0 Å². The van der Waals surface area contributed by atoms with Gasteiger partial charge in [0.25, 0.3) is 0 Å². The molecule has 2 fully saturated rings. The van der Waals surface area contributed by atoms with Crippen molar-refractivity contribution in [3.05, 3.63) is 0 Å². The van der Waals surface area contributed by atoms with Crippen LogP contribution < -0.4 is 0 Å². The molecule has 84 valence electrons. The van der Waals surface area contributed by atoms with Gasteiger partial charge in [0.2, 0.25) is 5.91 Å². The summed E-state index contributed by atoms with van der Waals surface area (Å²) >= 11 is 0. The maximum atomic E-state index is 11.6. The van der Waals surface area contributed by atoms with Crippen LogP contribution in [-0.2, 0) is 14.3 Å². The Kier molecular flexibility index (Phi) is 2.15. The molecule has 1 unspecified atom stereocenters. The molecule has 3 atom stereocenters. The van der Waals surface area contributed by atoms with Crippen molar-refractivity contribution in [1.29, 1.82) is 0 Å². The highest BCUT2D eigenvalue weighted by Gasteiger charge is 2.60. The molecule has 0 aliphatic carbocycles. The van der Waals surface area contributed by atoms with Crippen molar-refractivity contribution < 1.29 is 14.3 Å². The summed E-state index contributed by atoms with van der Waals surface area (Å²) < 4.78 is 5.67. The van der Waals surface area contributed by atoms with E-state index in [0.717, 1.165) is 0 Å². The number of fused-ring (bicyclic) bond motifs is 1. The third kappa shape index (κ3) is 1.39. The van der Waals surface area contributed by atoms with E-state index >= 15 is 0 Å². The zero-order valence-electron chi connectivity index (χ0n) is 9.61. The Balaban J connectivity index is 2.27. The summed E-state index contributed by atoms with van der Waals surface area (Å²) in [4.78, 5) is 24.6. The fraction of sp³-hybridized carbons (Fsp3) is 0.818. The van der Waals surface area contributed by atoms with Crippen LogP contribution in [0.1, 0.15) is 27.7 Å². The number of hydrogen-bond acceptors (Lipinski definition) is 3. The molecule has 0 radical (unpaired) electrons. The van der Waals surface area contributed by atoms with Crippen molar-refractivity contribution in [3.8, 4) is 0 Å². The Morgan fingerprint density at radius 1 is 1.33 bits per heavy atom. The number of ketones is 1. The smallest absolute Gasteiger partial charge is 0.220 e. The quantitative estimate of drug-likeness (QED) is 0.638. The van der Waals surface area contributed by atoms with E-state index in [4.69, 9.17) is 4.74 Å². The Labute approximate surface area is 89.6 Å². The van der Waals surface area contributed by atoms with Gasteiger partial charge in [-0.1, -0.05) is 0 Å². The van der Waals surface area contributed by atoms with Gasteiger partial charge in [0.05, 0.1) is 17.7 Å². The predicted molar refractivity (Wildman–Crippen MR) is 54.3 cm³/mol. The number of amides is 1. The van der Waals surface area contributed by atoms with Crippen LogP contribution in [0.25, 0.3) is 0 Å². The fourth-order valence-corrected chi connectivity index (χ4v) is 2.95. The van der Waals surface area contributed by atoms with Gasteiger partial charge in [-0.25, -0.2) is 0 Å². The third-order valence-corrected chi connectivity index (χ3v) is 3.53. The van der Waals surface area contributed by atoms with Crippen LogP contribution >= 0.6 is 0 Å². The van der Waals surface area contributed by atoms with E-state index in [1.54, 1.807) is 11.8 Å². The Hall–Kier alpha value is -0.900. The monoisotopic (exact) mass is 211 g/mol. The van der Waals surface area contributed by atoms with E-state index in [1.807, 2.05) is 13.8 Å². The van der Waals surface area contributed by atoms with Crippen LogP contribution in [0.4, 0.5) is 0 Å². The molecule has 2 aliphatic rings.